The van der Waals surface area contributed by atoms with Gasteiger partial charge in [-0.1, -0.05) is 34.8 Å². The zero-order valence-corrected chi connectivity index (χ0v) is 9.53. The second-order valence-corrected chi connectivity index (χ2v) is 3.89. The van der Waals surface area contributed by atoms with E-state index in [1.807, 2.05) is 0 Å². The van der Waals surface area contributed by atoms with E-state index in [1.54, 1.807) is 12.1 Å². The highest BCUT2D eigenvalue weighted by atomic mass is 35.5. The van der Waals surface area contributed by atoms with Crippen LogP contribution in [0.25, 0.3) is 0 Å². The van der Waals surface area contributed by atoms with Crippen LogP contribution in [0.4, 0.5) is 11.6 Å². The summed E-state index contributed by atoms with van der Waals surface area (Å²) in [6, 6.07) is 3.29. The van der Waals surface area contributed by atoms with Crippen molar-refractivity contribution in [1.29, 1.82) is 0 Å². The van der Waals surface area contributed by atoms with Gasteiger partial charge in [0.15, 0.2) is 0 Å². The lowest BCUT2D eigenvalue weighted by molar-refractivity contribution is 1.09. The molecule has 1 aromatic carbocycles. The van der Waals surface area contributed by atoms with E-state index in [4.69, 9.17) is 34.8 Å². The van der Waals surface area contributed by atoms with Gasteiger partial charge >= 0.3 is 0 Å². The Bertz CT molecular complexity index is 446. The molecule has 0 saturated carbocycles. The number of rotatable bonds is 2. The van der Waals surface area contributed by atoms with E-state index in [0.717, 1.165) is 0 Å². The molecule has 15 heavy (non-hydrogen) atoms. The fraction of sp³-hybridized carbons (Fsp3) is 0. The zero-order valence-electron chi connectivity index (χ0n) is 7.26. The minimum atomic E-state index is 0.332. The Kier molecular flexibility index (Phi) is 3.00. The number of nitrogens with zero attached hydrogens (tertiary/aromatic N) is 2. The second kappa shape index (κ2) is 4.26. The molecule has 4 nitrogen and oxygen atoms in total. The predicted octanol–water partition coefficient (Wildman–Crippen LogP) is 3.51. The van der Waals surface area contributed by atoms with Gasteiger partial charge in [-0.05, 0) is 12.1 Å². The van der Waals surface area contributed by atoms with Gasteiger partial charge in [0.1, 0.15) is 6.33 Å². The number of aromatic nitrogens is 3. The Morgan fingerprint density at radius 2 is 1.80 bits per heavy atom. The van der Waals surface area contributed by atoms with E-state index in [2.05, 4.69) is 20.5 Å². The molecule has 0 spiro atoms. The minimum Gasteiger partial charge on any atom is -0.323 e. The van der Waals surface area contributed by atoms with Crippen LogP contribution < -0.4 is 5.32 Å². The van der Waals surface area contributed by atoms with Gasteiger partial charge in [0.2, 0.25) is 5.95 Å². The standard InChI is InChI=1S/C8H5Cl3N4/c9-5-1-4(2-6(10)7(5)11)14-8-12-3-13-15-8/h1-3H,(H2,12,13,14,15). The van der Waals surface area contributed by atoms with E-state index in [9.17, 15) is 0 Å². The van der Waals surface area contributed by atoms with Crippen molar-refractivity contribution in [3.63, 3.8) is 0 Å². The van der Waals surface area contributed by atoms with Crippen molar-refractivity contribution in [2.24, 2.45) is 0 Å². The van der Waals surface area contributed by atoms with Crippen molar-refractivity contribution < 1.29 is 0 Å². The molecular weight excluding hydrogens is 258 g/mol. The number of hydrogen-bond donors (Lipinski definition) is 2. The molecule has 0 aliphatic rings. The van der Waals surface area contributed by atoms with Crippen LogP contribution in [0.15, 0.2) is 18.5 Å². The topological polar surface area (TPSA) is 53.6 Å². The molecule has 2 N–H and O–H groups in total. The maximum atomic E-state index is 5.85. The molecule has 78 valence electrons. The van der Waals surface area contributed by atoms with Gasteiger partial charge in [0.25, 0.3) is 0 Å². The minimum absolute atomic E-state index is 0.332. The van der Waals surface area contributed by atoms with Gasteiger partial charge in [-0.25, -0.2) is 4.98 Å². The molecule has 0 aliphatic heterocycles. The van der Waals surface area contributed by atoms with Crippen LogP contribution in [0.2, 0.25) is 15.1 Å². The molecular formula is C8H5Cl3N4. The van der Waals surface area contributed by atoms with E-state index in [-0.39, 0.29) is 0 Å². The number of hydrogen-bond acceptors (Lipinski definition) is 3. The first kappa shape index (κ1) is 10.5. The summed E-state index contributed by atoms with van der Waals surface area (Å²) in [6.45, 7) is 0. The first-order valence-electron chi connectivity index (χ1n) is 3.94. The quantitative estimate of drug-likeness (QED) is 0.815. The number of benzene rings is 1. The Morgan fingerprint density at radius 3 is 2.33 bits per heavy atom. The van der Waals surface area contributed by atoms with Crippen molar-refractivity contribution in [2.45, 2.75) is 0 Å². The van der Waals surface area contributed by atoms with Crippen LogP contribution in [0.3, 0.4) is 0 Å². The maximum absolute atomic E-state index is 5.85. The third-order valence-electron chi connectivity index (χ3n) is 1.65. The summed E-state index contributed by atoms with van der Waals surface area (Å²) in [7, 11) is 0. The lowest BCUT2D eigenvalue weighted by atomic mass is 10.3. The molecule has 1 aromatic heterocycles. The summed E-state index contributed by atoms with van der Waals surface area (Å²) in [5, 5.41) is 10.4. The van der Waals surface area contributed by atoms with Crippen molar-refractivity contribution >= 4 is 46.4 Å². The zero-order chi connectivity index (χ0) is 10.8. The summed E-state index contributed by atoms with van der Waals surface area (Å²) in [5.74, 6) is 0.435. The predicted molar refractivity (Wildman–Crippen MR) is 61.1 cm³/mol. The number of halogens is 3. The summed E-state index contributed by atoms with van der Waals surface area (Å²) >= 11 is 17.5. The van der Waals surface area contributed by atoms with Gasteiger partial charge in [0, 0.05) is 5.69 Å². The lowest BCUT2D eigenvalue weighted by Gasteiger charge is -2.05. The molecule has 2 aromatic rings. The normalized spacial score (nSPS) is 10.3. The maximum Gasteiger partial charge on any atom is 0.246 e. The van der Waals surface area contributed by atoms with Gasteiger partial charge in [-0.2, -0.15) is 0 Å². The fourth-order valence-electron chi connectivity index (χ4n) is 1.03. The Labute approximate surface area is 101 Å². The summed E-state index contributed by atoms with van der Waals surface area (Å²) in [4.78, 5) is 3.90. The van der Waals surface area contributed by atoms with Crippen LogP contribution in [0.1, 0.15) is 0 Å². The molecule has 2 rings (SSSR count). The Morgan fingerprint density at radius 1 is 1.13 bits per heavy atom. The van der Waals surface area contributed by atoms with Crippen molar-refractivity contribution in [3.05, 3.63) is 33.5 Å². The smallest absolute Gasteiger partial charge is 0.246 e. The van der Waals surface area contributed by atoms with Crippen LogP contribution in [-0.2, 0) is 0 Å². The highest BCUT2D eigenvalue weighted by Gasteiger charge is 2.06. The first-order chi connectivity index (χ1) is 7.16. The second-order valence-electron chi connectivity index (χ2n) is 2.70. The molecule has 0 atom stereocenters. The molecule has 0 unspecified atom stereocenters. The number of H-pyrrole nitrogens is 1. The third kappa shape index (κ3) is 2.34. The summed E-state index contributed by atoms with van der Waals surface area (Å²) in [6.07, 6.45) is 1.46. The van der Waals surface area contributed by atoms with E-state index in [0.29, 0.717) is 26.7 Å². The average molecular weight is 264 g/mol. The largest absolute Gasteiger partial charge is 0.323 e. The van der Waals surface area contributed by atoms with E-state index < -0.39 is 0 Å². The number of nitrogens with one attached hydrogen (secondary N) is 2. The van der Waals surface area contributed by atoms with Crippen LogP contribution >= 0.6 is 34.8 Å². The molecule has 7 heteroatoms. The molecule has 0 fully saturated rings. The fourth-order valence-corrected chi connectivity index (χ4v) is 1.62. The Hall–Kier alpha value is -0.970. The Balaban J connectivity index is 2.30. The monoisotopic (exact) mass is 262 g/mol. The van der Waals surface area contributed by atoms with Crippen molar-refractivity contribution in [2.75, 3.05) is 5.32 Å². The van der Waals surface area contributed by atoms with E-state index >= 15 is 0 Å². The first-order valence-corrected chi connectivity index (χ1v) is 5.07. The van der Waals surface area contributed by atoms with Crippen molar-refractivity contribution in [1.82, 2.24) is 15.2 Å². The van der Waals surface area contributed by atoms with Crippen LogP contribution in [-0.4, -0.2) is 15.2 Å². The molecule has 1 heterocycles. The average Bonchev–Trinajstić information content (AvgIpc) is 2.66. The lowest BCUT2D eigenvalue weighted by Crippen LogP contribution is -1.92. The van der Waals surface area contributed by atoms with Gasteiger partial charge in [-0.15, -0.1) is 5.10 Å². The SMILES string of the molecule is Clc1cc(Nc2nc[nH]n2)cc(Cl)c1Cl. The highest BCUT2D eigenvalue weighted by Crippen LogP contribution is 2.33. The molecule has 0 saturated heterocycles. The third-order valence-corrected chi connectivity index (χ3v) is 2.85. The van der Waals surface area contributed by atoms with Crippen LogP contribution in [0, 0.1) is 0 Å². The number of aromatic amines is 1. The van der Waals surface area contributed by atoms with Gasteiger partial charge < -0.3 is 5.32 Å². The van der Waals surface area contributed by atoms with Crippen molar-refractivity contribution in [3.8, 4) is 0 Å². The van der Waals surface area contributed by atoms with Gasteiger partial charge in [-0.3, -0.25) is 5.10 Å². The van der Waals surface area contributed by atoms with Crippen LogP contribution in [0.5, 0.6) is 0 Å². The molecule has 0 amide bonds. The highest BCUT2D eigenvalue weighted by molar-refractivity contribution is 6.48. The van der Waals surface area contributed by atoms with E-state index in [1.165, 1.54) is 6.33 Å². The molecule has 0 radical (unpaired) electrons. The number of anilines is 2. The van der Waals surface area contributed by atoms with Gasteiger partial charge in [0.05, 0.1) is 15.1 Å². The molecule has 0 aliphatic carbocycles. The molecule has 0 bridgehead atoms. The summed E-state index contributed by atoms with van der Waals surface area (Å²) in [5.41, 5.74) is 0.675. The summed E-state index contributed by atoms with van der Waals surface area (Å²) < 4.78 is 0.